The van der Waals surface area contributed by atoms with Crippen molar-refractivity contribution < 1.29 is 4.79 Å². The third-order valence-corrected chi connectivity index (χ3v) is 4.20. The van der Waals surface area contributed by atoms with Gasteiger partial charge in [0.05, 0.1) is 17.8 Å². The van der Waals surface area contributed by atoms with Gasteiger partial charge < -0.3 is 4.90 Å². The quantitative estimate of drug-likeness (QED) is 0.898. The number of likely N-dealkylation sites (tertiary alicyclic amines) is 1. The molecule has 2 atom stereocenters. The molecule has 3 rings (SSSR count). The molecule has 4 heteroatoms. The topological polar surface area (TPSA) is 45.2 Å². The number of hydrogen-bond donors (Lipinski definition) is 1. The van der Waals surface area contributed by atoms with Crippen LogP contribution in [0.4, 0.5) is 0 Å². The van der Waals surface area contributed by atoms with Gasteiger partial charge in [0, 0.05) is 19.3 Å². The molecule has 1 N–H and O–H groups in total. The fourth-order valence-electron chi connectivity index (χ4n) is 3.16. The summed E-state index contributed by atoms with van der Waals surface area (Å²) in [5.74, 6) is 0.238. The molecule has 1 fully saturated rings. The molecule has 2 heterocycles. The molecule has 0 bridgehead atoms. The molecule has 1 amide bonds. The maximum atomic E-state index is 12.3. The average Bonchev–Trinajstić information content (AvgIpc) is 3.08. The molecule has 1 aliphatic carbocycles. The molecule has 4 nitrogen and oxygen atoms in total. The average molecular weight is 259 g/mol. The number of pyridine rings is 1. The zero-order valence-corrected chi connectivity index (χ0v) is 11.4. The predicted molar refractivity (Wildman–Crippen MR) is 73.7 cm³/mol. The number of hydrogen-bond acceptors (Lipinski definition) is 3. The van der Waals surface area contributed by atoms with Crippen molar-refractivity contribution in [3.8, 4) is 0 Å². The highest BCUT2D eigenvalue weighted by Crippen LogP contribution is 2.29. The lowest BCUT2D eigenvalue weighted by atomic mass is 10.2. The molecule has 1 aliphatic heterocycles. The van der Waals surface area contributed by atoms with E-state index < -0.39 is 0 Å². The van der Waals surface area contributed by atoms with Gasteiger partial charge in [0.2, 0.25) is 5.91 Å². The summed E-state index contributed by atoms with van der Waals surface area (Å²) in [6.07, 6.45) is 6.24. The number of amides is 1. The van der Waals surface area contributed by atoms with E-state index in [9.17, 15) is 4.79 Å². The Hall–Kier alpha value is -1.42. The van der Waals surface area contributed by atoms with E-state index in [1.807, 2.05) is 24.1 Å². The van der Waals surface area contributed by atoms with Gasteiger partial charge >= 0.3 is 0 Å². The Kier molecular flexibility index (Phi) is 3.51. The molecule has 19 heavy (non-hydrogen) atoms. The number of carbonyl (C=O) groups is 1. The van der Waals surface area contributed by atoms with Gasteiger partial charge in [-0.05, 0) is 44.2 Å². The Bertz CT molecular complexity index is 468. The highest BCUT2D eigenvalue weighted by molar-refractivity contribution is 5.81. The van der Waals surface area contributed by atoms with Crippen LogP contribution in [0, 0.1) is 0 Å². The lowest BCUT2D eigenvalue weighted by Gasteiger charge is -2.24. The van der Waals surface area contributed by atoms with Gasteiger partial charge in [0.25, 0.3) is 0 Å². The number of nitrogens with zero attached hydrogens (tertiary/aromatic N) is 2. The van der Waals surface area contributed by atoms with Gasteiger partial charge in [0.15, 0.2) is 0 Å². The fraction of sp³-hybridized carbons (Fsp3) is 0.600. The maximum Gasteiger partial charge on any atom is 0.239 e. The molecule has 1 aromatic rings. The van der Waals surface area contributed by atoms with Crippen molar-refractivity contribution >= 4 is 5.91 Å². The highest BCUT2D eigenvalue weighted by atomic mass is 16.2. The van der Waals surface area contributed by atoms with Crippen LogP contribution in [-0.2, 0) is 11.2 Å². The molecular weight excluding hydrogens is 238 g/mol. The van der Waals surface area contributed by atoms with Crippen LogP contribution in [0.5, 0.6) is 0 Å². The van der Waals surface area contributed by atoms with Crippen molar-refractivity contribution in [3.63, 3.8) is 0 Å². The number of aryl methyl sites for hydroxylation is 1. The van der Waals surface area contributed by atoms with E-state index >= 15 is 0 Å². The van der Waals surface area contributed by atoms with Crippen molar-refractivity contribution in [2.24, 2.45) is 0 Å². The Morgan fingerprint density at radius 1 is 1.47 bits per heavy atom. The summed E-state index contributed by atoms with van der Waals surface area (Å²) < 4.78 is 0. The van der Waals surface area contributed by atoms with Crippen LogP contribution >= 0.6 is 0 Å². The van der Waals surface area contributed by atoms with Crippen LogP contribution in [0.25, 0.3) is 0 Å². The van der Waals surface area contributed by atoms with E-state index in [1.54, 1.807) is 0 Å². The molecule has 0 aromatic carbocycles. The van der Waals surface area contributed by atoms with Gasteiger partial charge in [-0.15, -0.1) is 0 Å². The molecule has 1 saturated heterocycles. The predicted octanol–water partition coefficient (Wildman–Crippen LogP) is 1.67. The van der Waals surface area contributed by atoms with Crippen LogP contribution in [0.15, 0.2) is 18.3 Å². The zero-order valence-electron chi connectivity index (χ0n) is 11.4. The number of fused-ring (bicyclic) bond motifs is 1. The summed E-state index contributed by atoms with van der Waals surface area (Å²) in [7, 11) is 0. The van der Waals surface area contributed by atoms with E-state index in [1.165, 1.54) is 5.56 Å². The molecule has 2 aliphatic rings. The first-order chi connectivity index (χ1) is 9.25. The van der Waals surface area contributed by atoms with Crippen LogP contribution < -0.4 is 5.32 Å². The molecular formula is C15H21N3O. The van der Waals surface area contributed by atoms with E-state index in [0.717, 1.165) is 44.5 Å². The Labute approximate surface area is 114 Å². The summed E-state index contributed by atoms with van der Waals surface area (Å²) >= 11 is 0. The van der Waals surface area contributed by atoms with E-state index in [2.05, 4.69) is 16.4 Å². The van der Waals surface area contributed by atoms with Crippen LogP contribution in [-0.4, -0.2) is 34.9 Å². The monoisotopic (exact) mass is 259 g/mol. The van der Waals surface area contributed by atoms with Crippen molar-refractivity contribution in [2.45, 2.75) is 44.7 Å². The van der Waals surface area contributed by atoms with Crippen LogP contribution in [0.3, 0.4) is 0 Å². The van der Waals surface area contributed by atoms with E-state index in [0.29, 0.717) is 0 Å². The van der Waals surface area contributed by atoms with Crippen molar-refractivity contribution in [3.05, 3.63) is 29.6 Å². The minimum atomic E-state index is -0.115. The minimum Gasteiger partial charge on any atom is -0.341 e. The molecule has 0 spiro atoms. The van der Waals surface area contributed by atoms with E-state index in [-0.39, 0.29) is 18.0 Å². The van der Waals surface area contributed by atoms with Crippen LogP contribution in [0.1, 0.15) is 43.5 Å². The van der Waals surface area contributed by atoms with Gasteiger partial charge in [0.1, 0.15) is 0 Å². The fourth-order valence-corrected chi connectivity index (χ4v) is 3.16. The van der Waals surface area contributed by atoms with Crippen LogP contribution in [0.2, 0.25) is 0 Å². The second-order valence-electron chi connectivity index (χ2n) is 5.56. The Morgan fingerprint density at radius 2 is 2.26 bits per heavy atom. The third kappa shape index (κ3) is 2.50. The lowest BCUT2D eigenvalue weighted by molar-refractivity contribution is -0.132. The number of nitrogens with one attached hydrogen (secondary N) is 1. The molecule has 0 radical (unpaired) electrons. The molecule has 102 valence electrons. The summed E-state index contributed by atoms with van der Waals surface area (Å²) in [5.41, 5.74) is 2.45. The maximum absolute atomic E-state index is 12.3. The summed E-state index contributed by atoms with van der Waals surface area (Å²) in [4.78, 5) is 18.7. The van der Waals surface area contributed by atoms with Crippen molar-refractivity contribution in [2.75, 3.05) is 13.1 Å². The van der Waals surface area contributed by atoms with Gasteiger partial charge in [-0.2, -0.15) is 0 Å². The number of aromatic nitrogens is 1. The summed E-state index contributed by atoms with van der Waals surface area (Å²) in [5, 5.41) is 3.46. The molecule has 0 saturated carbocycles. The van der Waals surface area contributed by atoms with E-state index in [4.69, 9.17) is 0 Å². The number of carbonyl (C=O) groups excluding carboxylic acids is 1. The van der Waals surface area contributed by atoms with Crippen molar-refractivity contribution in [1.29, 1.82) is 0 Å². The Balaban J connectivity index is 1.64. The SMILES string of the molecule is CC(NC1CCc2cccnc21)C(=O)N1CCCC1. The van der Waals surface area contributed by atoms with Gasteiger partial charge in [-0.1, -0.05) is 6.07 Å². The first-order valence-corrected chi connectivity index (χ1v) is 7.24. The third-order valence-electron chi connectivity index (χ3n) is 4.20. The smallest absolute Gasteiger partial charge is 0.239 e. The normalized spacial score (nSPS) is 23.4. The first kappa shape index (κ1) is 12.6. The second-order valence-corrected chi connectivity index (χ2v) is 5.56. The molecule has 2 unspecified atom stereocenters. The Morgan fingerprint density at radius 3 is 3.05 bits per heavy atom. The number of rotatable bonds is 3. The molecule has 1 aromatic heterocycles. The summed E-state index contributed by atoms with van der Waals surface area (Å²) in [6, 6.07) is 4.24. The first-order valence-electron chi connectivity index (χ1n) is 7.24. The lowest BCUT2D eigenvalue weighted by Crippen LogP contribution is -2.44. The van der Waals surface area contributed by atoms with Crippen molar-refractivity contribution in [1.82, 2.24) is 15.2 Å². The minimum absolute atomic E-state index is 0.115. The zero-order chi connectivity index (χ0) is 13.2. The largest absolute Gasteiger partial charge is 0.341 e. The summed E-state index contributed by atoms with van der Waals surface area (Å²) in [6.45, 7) is 3.82. The second kappa shape index (κ2) is 5.29. The van der Waals surface area contributed by atoms with Gasteiger partial charge in [-0.25, -0.2) is 0 Å². The highest BCUT2D eigenvalue weighted by Gasteiger charge is 2.29. The van der Waals surface area contributed by atoms with Gasteiger partial charge in [-0.3, -0.25) is 15.1 Å². The standard InChI is InChI=1S/C15H21N3O/c1-11(15(19)18-9-2-3-10-18)17-13-7-6-12-5-4-8-16-14(12)13/h4-5,8,11,13,17H,2-3,6-7,9-10H2,1H3.